The van der Waals surface area contributed by atoms with E-state index in [2.05, 4.69) is 24.0 Å². The molecule has 0 aliphatic heterocycles. The molecule has 0 unspecified atom stereocenters. The quantitative estimate of drug-likeness (QED) is 0.494. The van der Waals surface area contributed by atoms with E-state index < -0.39 is 0 Å². The molecule has 0 aromatic rings. The van der Waals surface area contributed by atoms with Gasteiger partial charge in [0.25, 0.3) is 0 Å². The van der Waals surface area contributed by atoms with Gasteiger partial charge in [-0.25, -0.2) is 4.79 Å². The number of alkyl carbamates (subject to hydrolysis) is 1. The Bertz CT molecular complexity index is 270. The van der Waals surface area contributed by atoms with Crippen LogP contribution in [0.25, 0.3) is 0 Å². The number of allylic oxidation sites excluding steroid dienone is 3. The second-order valence-corrected chi connectivity index (χ2v) is 4.91. The standard InChI is InChI=1S/C15H27NO2/c1-5-7-8-9-10-11-12-13-16-14(17)18-15(3,4)6-2/h5,9-10H,1,6-8,11-13H2,2-4H3,(H,16,17)/b10-9-. The summed E-state index contributed by atoms with van der Waals surface area (Å²) >= 11 is 0. The van der Waals surface area contributed by atoms with E-state index in [0.29, 0.717) is 6.54 Å². The van der Waals surface area contributed by atoms with Crippen molar-refractivity contribution in [3.05, 3.63) is 24.8 Å². The van der Waals surface area contributed by atoms with E-state index in [1.807, 2.05) is 26.8 Å². The zero-order valence-electron chi connectivity index (χ0n) is 12.0. The van der Waals surface area contributed by atoms with Crippen LogP contribution >= 0.6 is 0 Å². The Morgan fingerprint density at radius 2 is 1.94 bits per heavy atom. The average molecular weight is 253 g/mol. The Kier molecular flexibility index (Phi) is 9.07. The van der Waals surface area contributed by atoms with Crippen LogP contribution in [0, 0.1) is 0 Å². The highest BCUT2D eigenvalue weighted by Gasteiger charge is 2.19. The lowest BCUT2D eigenvalue weighted by Gasteiger charge is -2.23. The zero-order chi connectivity index (χ0) is 13.9. The highest BCUT2D eigenvalue weighted by atomic mass is 16.6. The van der Waals surface area contributed by atoms with E-state index >= 15 is 0 Å². The number of carbonyl (C=O) groups excluding carboxylic acids is 1. The first-order valence-corrected chi connectivity index (χ1v) is 6.74. The third-order valence-corrected chi connectivity index (χ3v) is 2.74. The van der Waals surface area contributed by atoms with Crippen molar-refractivity contribution in [2.24, 2.45) is 0 Å². The molecular weight excluding hydrogens is 226 g/mol. The summed E-state index contributed by atoms with van der Waals surface area (Å²) in [5.74, 6) is 0. The van der Waals surface area contributed by atoms with Gasteiger partial charge in [-0.2, -0.15) is 0 Å². The van der Waals surface area contributed by atoms with Gasteiger partial charge in [-0.15, -0.1) is 6.58 Å². The Labute approximate surface area is 111 Å². The first-order chi connectivity index (χ1) is 8.52. The number of nitrogens with one attached hydrogen (secondary N) is 1. The average Bonchev–Trinajstić information content (AvgIpc) is 2.32. The van der Waals surface area contributed by atoms with Gasteiger partial charge in [-0.1, -0.05) is 25.2 Å². The number of unbranched alkanes of at least 4 members (excludes halogenated alkanes) is 2. The predicted octanol–water partition coefficient (Wildman–Crippen LogP) is 4.20. The van der Waals surface area contributed by atoms with Gasteiger partial charge in [0, 0.05) is 6.54 Å². The molecule has 3 heteroatoms. The molecule has 0 saturated heterocycles. The first kappa shape index (κ1) is 16.8. The van der Waals surface area contributed by atoms with Crippen molar-refractivity contribution < 1.29 is 9.53 Å². The highest BCUT2D eigenvalue weighted by Crippen LogP contribution is 2.13. The van der Waals surface area contributed by atoms with E-state index in [9.17, 15) is 4.79 Å². The second-order valence-electron chi connectivity index (χ2n) is 4.91. The Morgan fingerprint density at radius 3 is 2.56 bits per heavy atom. The lowest BCUT2D eigenvalue weighted by atomic mass is 10.1. The SMILES string of the molecule is C=CCC/C=C\CCCNC(=O)OC(C)(C)CC. The minimum atomic E-state index is -0.380. The molecule has 3 nitrogen and oxygen atoms in total. The molecule has 0 radical (unpaired) electrons. The maximum atomic E-state index is 11.4. The van der Waals surface area contributed by atoms with Crippen LogP contribution in [0.1, 0.15) is 52.9 Å². The van der Waals surface area contributed by atoms with Crippen molar-refractivity contribution in [2.75, 3.05) is 6.54 Å². The molecule has 0 aromatic heterocycles. The summed E-state index contributed by atoms with van der Waals surface area (Å²) in [6.07, 6.45) is 10.7. The molecule has 0 saturated carbocycles. The highest BCUT2D eigenvalue weighted by molar-refractivity contribution is 5.67. The van der Waals surface area contributed by atoms with Crippen LogP contribution in [0.5, 0.6) is 0 Å². The van der Waals surface area contributed by atoms with Crippen LogP contribution in [0.15, 0.2) is 24.8 Å². The van der Waals surface area contributed by atoms with Gasteiger partial charge in [0.2, 0.25) is 0 Å². The van der Waals surface area contributed by atoms with Crippen molar-refractivity contribution in [2.45, 2.75) is 58.5 Å². The number of hydrogen-bond donors (Lipinski definition) is 1. The monoisotopic (exact) mass is 253 g/mol. The van der Waals surface area contributed by atoms with E-state index in [4.69, 9.17) is 4.74 Å². The van der Waals surface area contributed by atoms with E-state index in [1.54, 1.807) is 0 Å². The minimum Gasteiger partial charge on any atom is -0.444 e. The summed E-state index contributed by atoms with van der Waals surface area (Å²) in [4.78, 5) is 11.4. The number of amides is 1. The van der Waals surface area contributed by atoms with Gasteiger partial charge in [0.15, 0.2) is 0 Å². The van der Waals surface area contributed by atoms with Gasteiger partial charge in [0.1, 0.15) is 5.60 Å². The summed E-state index contributed by atoms with van der Waals surface area (Å²) in [5.41, 5.74) is -0.380. The summed E-state index contributed by atoms with van der Waals surface area (Å²) in [6.45, 7) is 10.1. The fourth-order valence-corrected chi connectivity index (χ4v) is 1.22. The largest absolute Gasteiger partial charge is 0.444 e. The summed E-state index contributed by atoms with van der Waals surface area (Å²) < 4.78 is 5.27. The van der Waals surface area contributed by atoms with E-state index in [1.165, 1.54) is 0 Å². The van der Waals surface area contributed by atoms with Gasteiger partial charge in [-0.05, 0) is 46.0 Å². The fourth-order valence-electron chi connectivity index (χ4n) is 1.22. The molecule has 18 heavy (non-hydrogen) atoms. The Hall–Kier alpha value is -1.25. The summed E-state index contributed by atoms with van der Waals surface area (Å²) in [7, 11) is 0. The maximum Gasteiger partial charge on any atom is 0.407 e. The lowest BCUT2D eigenvalue weighted by Crippen LogP contribution is -2.34. The third-order valence-electron chi connectivity index (χ3n) is 2.74. The van der Waals surface area contributed by atoms with Gasteiger partial charge in [0.05, 0.1) is 0 Å². The zero-order valence-corrected chi connectivity index (χ0v) is 12.0. The Balaban J connectivity index is 3.52. The first-order valence-electron chi connectivity index (χ1n) is 6.74. The van der Waals surface area contributed by atoms with Crippen LogP contribution in [-0.4, -0.2) is 18.2 Å². The molecule has 0 aliphatic carbocycles. The molecule has 0 aromatic carbocycles. The van der Waals surface area contributed by atoms with Gasteiger partial charge in [-0.3, -0.25) is 0 Å². The fraction of sp³-hybridized carbons (Fsp3) is 0.667. The number of rotatable bonds is 9. The second kappa shape index (κ2) is 9.75. The third kappa shape index (κ3) is 9.94. The van der Waals surface area contributed by atoms with Gasteiger partial charge >= 0.3 is 6.09 Å². The number of carbonyl (C=O) groups is 1. The Morgan fingerprint density at radius 1 is 1.28 bits per heavy atom. The summed E-state index contributed by atoms with van der Waals surface area (Å²) in [5, 5.41) is 2.76. The molecule has 1 N–H and O–H groups in total. The molecular formula is C15H27NO2. The van der Waals surface area contributed by atoms with Crippen molar-refractivity contribution >= 4 is 6.09 Å². The molecule has 0 fully saturated rings. The summed E-state index contributed by atoms with van der Waals surface area (Å²) in [6, 6.07) is 0. The van der Waals surface area contributed by atoms with Crippen molar-refractivity contribution in [1.82, 2.24) is 5.32 Å². The molecule has 0 bridgehead atoms. The molecule has 0 heterocycles. The van der Waals surface area contributed by atoms with Crippen LogP contribution < -0.4 is 5.32 Å². The van der Waals surface area contributed by atoms with Crippen molar-refractivity contribution in [3.8, 4) is 0 Å². The normalized spacial score (nSPS) is 11.5. The molecule has 104 valence electrons. The lowest BCUT2D eigenvalue weighted by molar-refractivity contribution is 0.0363. The van der Waals surface area contributed by atoms with Crippen LogP contribution in [0.3, 0.4) is 0 Å². The minimum absolute atomic E-state index is 0.322. The van der Waals surface area contributed by atoms with Gasteiger partial charge < -0.3 is 10.1 Å². The van der Waals surface area contributed by atoms with Crippen LogP contribution in [0.2, 0.25) is 0 Å². The molecule has 0 atom stereocenters. The van der Waals surface area contributed by atoms with E-state index in [-0.39, 0.29) is 11.7 Å². The topological polar surface area (TPSA) is 38.3 Å². The predicted molar refractivity (Wildman–Crippen MR) is 76.7 cm³/mol. The molecule has 0 aliphatic rings. The van der Waals surface area contributed by atoms with Crippen LogP contribution in [-0.2, 0) is 4.74 Å². The van der Waals surface area contributed by atoms with Crippen molar-refractivity contribution in [1.29, 1.82) is 0 Å². The maximum absolute atomic E-state index is 11.4. The molecule has 0 rings (SSSR count). The van der Waals surface area contributed by atoms with E-state index in [0.717, 1.165) is 32.1 Å². The molecule has 0 spiro atoms. The smallest absolute Gasteiger partial charge is 0.407 e. The van der Waals surface area contributed by atoms with Crippen LogP contribution in [0.4, 0.5) is 4.79 Å². The van der Waals surface area contributed by atoms with Crippen molar-refractivity contribution in [3.63, 3.8) is 0 Å². The number of ether oxygens (including phenoxy) is 1. The molecule has 1 amide bonds. The number of hydrogen-bond acceptors (Lipinski definition) is 2.